The summed E-state index contributed by atoms with van der Waals surface area (Å²) < 4.78 is 7.61. The number of dihydropyridines is 1. The molecule has 1 aliphatic heterocycles. The molecular formula is C29H32N4O4. The van der Waals surface area contributed by atoms with E-state index in [1.807, 2.05) is 67.2 Å². The molecule has 37 heavy (non-hydrogen) atoms. The number of carboxylic acids is 1. The van der Waals surface area contributed by atoms with Crippen molar-refractivity contribution >= 4 is 11.9 Å². The molecule has 8 nitrogen and oxygen atoms in total. The van der Waals surface area contributed by atoms with Crippen molar-refractivity contribution in [3.63, 3.8) is 0 Å². The summed E-state index contributed by atoms with van der Waals surface area (Å²) in [4.78, 5) is 32.1. The molecule has 0 aliphatic carbocycles. The maximum atomic E-state index is 13.5. The Labute approximate surface area is 216 Å². The quantitative estimate of drug-likeness (QED) is 0.424. The molecule has 4 rings (SSSR count). The van der Waals surface area contributed by atoms with Crippen LogP contribution in [0.15, 0.2) is 95.9 Å². The number of hydrogen-bond acceptors (Lipinski definition) is 6. The van der Waals surface area contributed by atoms with E-state index in [9.17, 15) is 14.7 Å². The Morgan fingerprint density at radius 2 is 1.84 bits per heavy atom. The van der Waals surface area contributed by atoms with E-state index in [1.165, 1.54) is 5.56 Å². The molecular weight excluding hydrogens is 468 g/mol. The summed E-state index contributed by atoms with van der Waals surface area (Å²) in [5.41, 5.74) is 4.16. The lowest BCUT2D eigenvalue weighted by atomic mass is 9.80. The summed E-state index contributed by atoms with van der Waals surface area (Å²) in [6, 6.07) is 17.5. The van der Waals surface area contributed by atoms with Crippen LogP contribution in [0.4, 0.5) is 0 Å². The third-order valence-electron chi connectivity index (χ3n) is 6.70. The van der Waals surface area contributed by atoms with Crippen molar-refractivity contribution in [3.8, 4) is 5.69 Å². The van der Waals surface area contributed by atoms with Crippen molar-refractivity contribution in [2.24, 2.45) is 0 Å². The zero-order valence-corrected chi connectivity index (χ0v) is 21.5. The summed E-state index contributed by atoms with van der Waals surface area (Å²) in [6.45, 7) is 6.37. The van der Waals surface area contributed by atoms with Gasteiger partial charge in [-0.3, -0.25) is 4.90 Å². The number of carboxylic acid groups (broad SMARTS) is 1. The van der Waals surface area contributed by atoms with Crippen LogP contribution in [-0.4, -0.2) is 51.2 Å². The van der Waals surface area contributed by atoms with Gasteiger partial charge in [-0.05, 0) is 51.1 Å². The first-order valence-electron chi connectivity index (χ1n) is 12.2. The predicted octanol–water partition coefficient (Wildman–Crippen LogP) is 4.26. The second-order valence-corrected chi connectivity index (χ2v) is 9.35. The van der Waals surface area contributed by atoms with Gasteiger partial charge < -0.3 is 19.7 Å². The lowest BCUT2D eigenvalue weighted by molar-refractivity contribution is -0.141. The number of benzene rings is 2. The van der Waals surface area contributed by atoms with E-state index in [-0.39, 0.29) is 18.2 Å². The summed E-state index contributed by atoms with van der Waals surface area (Å²) in [5, 5.41) is 13.2. The van der Waals surface area contributed by atoms with Crippen molar-refractivity contribution in [1.29, 1.82) is 0 Å². The molecule has 3 aromatic rings. The van der Waals surface area contributed by atoms with Crippen molar-refractivity contribution < 1.29 is 19.4 Å². The van der Waals surface area contributed by atoms with Crippen LogP contribution in [0.25, 0.3) is 5.69 Å². The van der Waals surface area contributed by atoms with Gasteiger partial charge in [0.15, 0.2) is 0 Å². The molecule has 1 aromatic heterocycles. The molecule has 1 aliphatic rings. The van der Waals surface area contributed by atoms with Gasteiger partial charge in [-0.1, -0.05) is 42.5 Å². The summed E-state index contributed by atoms with van der Waals surface area (Å²) in [7, 11) is 1.98. The number of nitrogens with one attached hydrogen (secondary N) is 1. The Bertz CT molecular complexity index is 1330. The van der Waals surface area contributed by atoms with Crippen LogP contribution >= 0.6 is 0 Å². The van der Waals surface area contributed by atoms with Crippen LogP contribution in [0.5, 0.6) is 0 Å². The molecule has 2 N–H and O–H groups in total. The van der Waals surface area contributed by atoms with E-state index in [0.29, 0.717) is 22.5 Å². The minimum Gasteiger partial charge on any atom is -0.478 e. The third kappa shape index (κ3) is 5.81. The average molecular weight is 501 g/mol. The van der Waals surface area contributed by atoms with E-state index >= 15 is 0 Å². The Kier molecular flexibility index (Phi) is 7.89. The van der Waals surface area contributed by atoms with E-state index in [1.54, 1.807) is 26.4 Å². The molecule has 2 unspecified atom stereocenters. The van der Waals surface area contributed by atoms with Crippen LogP contribution < -0.4 is 5.32 Å². The number of esters is 1. The van der Waals surface area contributed by atoms with Crippen LogP contribution in [0.2, 0.25) is 0 Å². The van der Waals surface area contributed by atoms with Crippen LogP contribution in [-0.2, 0) is 20.9 Å². The first kappa shape index (κ1) is 25.9. The van der Waals surface area contributed by atoms with E-state index in [2.05, 4.69) is 27.3 Å². The highest BCUT2D eigenvalue weighted by molar-refractivity contribution is 5.99. The lowest BCUT2D eigenvalue weighted by Gasteiger charge is -2.30. The molecule has 0 spiro atoms. The highest BCUT2D eigenvalue weighted by Gasteiger charge is 2.37. The number of hydrogen-bond donors (Lipinski definition) is 2. The van der Waals surface area contributed by atoms with Crippen molar-refractivity contribution in [2.75, 3.05) is 13.7 Å². The number of rotatable bonds is 9. The Morgan fingerprint density at radius 3 is 2.51 bits per heavy atom. The molecule has 0 saturated carbocycles. The average Bonchev–Trinajstić information content (AvgIpc) is 3.42. The predicted molar refractivity (Wildman–Crippen MR) is 141 cm³/mol. The lowest BCUT2D eigenvalue weighted by Crippen LogP contribution is -2.35. The molecule has 8 heteroatoms. The second kappa shape index (κ2) is 11.3. The molecule has 192 valence electrons. The van der Waals surface area contributed by atoms with Gasteiger partial charge in [0.05, 0.1) is 23.4 Å². The number of imidazole rings is 1. The number of likely N-dealkylation sites (N-methyl/N-ethyl adjacent to an activating group) is 1. The number of carbonyl (C=O) groups is 2. The van der Waals surface area contributed by atoms with E-state index < -0.39 is 17.9 Å². The molecule has 0 amide bonds. The smallest absolute Gasteiger partial charge is 0.336 e. The maximum Gasteiger partial charge on any atom is 0.336 e. The second-order valence-electron chi connectivity index (χ2n) is 9.35. The standard InChI is InChI=1S/C29H32N4O4/c1-19(32(4)16-22-9-6-5-7-10-22)17-37-29(36)26-21(3)31-20(2)25(28(34)35)27(26)23-11-8-12-24(15-23)33-14-13-30-18-33/h5-15,18-19,27,31H,16-17H2,1-4H3,(H,34,35). The first-order chi connectivity index (χ1) is 17.8. The summed E-state index contributed by atoms with van der Waals surface area (Å²) in [6.07, 6.45) is 5.15. The van der Waals surface area contributed by atoms with Gasteiger partial charge in [0, 0.05) is 42.1 Å². The van der Waals surface area contributed by atoms with Crippen molar-refractivity contribution in [1.82, 2.24) is 19.8 Å². The minimum absolute atomic E-state index is 0.0409. The largest absolute Gasteiger partial charge is 0.478 e. The van der Waals surface area contributed by atoms with Gasteiger partial charge in [0.2, 0.25) is 0 Å². The molecule has 0 bridgehead atoms. The van der Waals surface area contributed by atoms with Crippen LogP contribution in [0.1, 0.15) is 37.8 Å². The third-order valence-corrected chi connectivity index (χ3v) is 6.70. The van der Waals surface area contributed by atoms with Gasteiger partial charge in [0.1, 0.15) is 6.61 Å². The molecule has 0 radical (unpaired) electrons. The number of aromatic nitrogens is 2. The normalized spacial score (nSPS) is 16.5. The van der Waals surface area contributed by atoms with Gasteiger partial charge in [-0.25, -0.2) is 14.6 Å². The Balaban J connectivity index is 1.59. The highest BCUT2D eigenvalue weighted by Crippen LogP contribution is 2.39. The Morgan fingerprint density at radius 1 is 1.11 bits per heavy atom. The van der Waals surface area contributed by atoms with Crippen LogP contribution in [0, 0.1) is 0 Å². The fourth-order valence-electron chi connectivity index (χ4n) is 4.59. The first-order valence-corrected chi connectivity index (χ1v) is 12.2. The van der Waals surface area contributed by atoms with Gasteiger partial charge in [-0.2, -0.15) is 0 Å². The maximum absolute atomic E-state index is 13.5. The molecule has 2 aromatic carbocycles. The molecule has 2 heterocycles. The van der Waals surface area contributed by atoms with Crippen LogP contribution in [0.3, 0.4) is 0 Å². The molecule has 0 saturated heterocycles. The van der Waals surface area contributed by atoms with E-state index in [0.717, 1.165) is 12.2 Å². The monoisotopic (exact) mass is 500 g/mol. The number of aliphatic carboxylic acids is 1. The number of nitrogens with zero attached hydrogens (tertiary/aromatic N) is 3. The molecule has 0 fully saturated rings. The fraction of sp³-hybridized carbons (Fsp3) is 0.276. The summed E-state index contributed by atoms with van der Waals surface area (Å²) in [5.74, 6) is -2.40. The van der Waals surface area contributed by atoms with Gasteiger partial charge in [-0.15, -0.1) is 0 Å². The van der Waals surface area contributed by atoms with Crippen molar-refractivity contribution in [2.45, 2.75) is 39.3 Å². The Hall–Kier alpha value is -4.17. The van der Waals surface area contributed by atoms with E-state index in [4.69, 9.17) is 4.74 Å². The molecule has 2 atom stereocenters. The SMILES string of the molecule is CC1=C(C(=O)O)C(c2cccc(-n3ccnc3)c2)C(C(=O)OCC(C)N(C)Cc2ccccc2)=C(C)N1. The van der Waals surface area contributed by atoms with Gasteiger partial charge in [0.25, 0.3) is 0 Å². The zero-order chi connectivity index (χ0) is 26.5. The zero-order valence-electron chi connectivity index (χ0n) is 21.5. The number of allylic oxidation sites excluding steroid dienone is 2. The summed E-state index contributed by atoms with van der Waals surface area (Å²) >= 11 is 0. The van der Waals surface area contributed by atoms with Crippen molar-refractivity contribution in [3.05, 3.63) is 107 Å². The minimum atomic E-state index is -1.09. The highest BCUT2D eigenvalue weighted by atomic mass is 16.5. The number of ether oxygens (including phenoxy) is 1. The number of carbonyl (C=O) groups excluding carboxylic acids is 1. The topological polar surface area (TPSA) is 96.7 Å². The van der Waals surface area contributed by atoms with Gasteiger partial charge >= 0.3 is 11.9 Å². The fourth-order valence-corrected chi connectivity index (χ4v) is 4.59.